The number of fused-ring (bicyclic) bond motifs is 1. The lowest BCUT2D eigenvalue weighted by Gasteiger charge is -2.26. The van der Waals surface area contributed by atoms with Gasteiger partial charge < -0.3 is 20.4 Å². The van der Waals surface area contributed by atoms with Gasteiger partial charge in [0.2, 0.25) is 5.91 Å². The molecule has 1 amide bonds. The minimum absolute atomic E-state index is 0.226. The predicted octanol–water partition coefficient (Wildman–Crippen LogP) is 5.31. The van der Waals surface area contributed by atoms with Crippen molar-refractivity contribution in [2.45, 2.75) is 26.3 Å². The third-order valence-corrected chi connectivity index (χ3v) is 6.62. The Hall–Kier alpha value is -5.05. The molecule has 0 atom stereocenters. The lowest BCUT2D eigenvalue weighted by molar-refractivity contribution is -0.118. The second-order valence-corrected chi connectivity index (χ2v) is 9.74. The molecule has 3 N–H and O–H groups in total. The van der Waals surface area contributed by atoms with Gasteiger partial charge in [-0.1, -0.05) is 43.0 Å². The molecule has 0 radical (unpaired) electrons. The van der Waals surface area contributed by atoms with Crippen molar-refractivity contribution in [3.8, 4) is 34.1 Å². The molecule has 196 valence electrons. The Balaban J connectivity index is 1.58. The summed E-state index contributed by atoms with van der Waals surface area (Å²) in [5.74, 6) is 0.786. The summed E-state index contributed by atoms with van der Waals surface area (Å²) in [6, 6.07) is 17.9. The number of nitrogen functional groups attached to an aromatic ring is 1. The number of aryl methyl sites for hydroxylation is 2. The molecule has 0 aliphatic carbocycles. The molecular weight excluding hydrogens is 490 g/mol. The van der Waals surface area contributed by atoms with E-state index in [1.807, 2.05) is 87.0 Å². The van der Waals surface area contributed by atoms with Crippen molar-refractivity contribution in [1.29, 1.82) is 0 Å². The predicted molar refractivity (Wildman–Crippen MR) is 152 cm³/mol. The fourth-order valence-electron chi connectivity index (χ4n) is 4.64. The highest BCUT2D eigenvalue weighted by Crippen LogP contribution is 2.42. The lowest BCUT2D eigenvalue weighted by Crippen LogP contribution is -2.39. The minimum Gasteiger partial charge on any atom is -0.424 e. The fraction of sp³-hybridized carbons (Fsp3) is 0.167. The molecule has 39 heavy (non-hydrogen) atoms. The van der Waals surface area contributed by atoms with Gasteiger partial charge in [0.15, 0.2) is 0 Å². The molecule has 0 fully saturated rings. The molecule has 3 heterocycles. The number of hydrogen-bond acceptors (Lipinski definition) is 7. The Morgan fingerprint density at radius 3 is 2.38 bits per heavy atom. The summed E-state index contributed by atoms with van der Waals surface area (Å²) in [5.41, 5.74) is 12.1. The van der Waals surface area contributed by atoms with Gasteiger partial charge in [-0.15, -0.1) is 0 Å². The number of anilines is 1. The Kier molecular flexibility index (Phi) is 6.57. The average Bonchev–Trinajstić information content (AvgIpc) is 3.22. The van der Waals surface area contributed by atoms with Crippen molar-refractivity contribution < 1.29 is 9.53 Å². The average molecular weight is 520 g/mol. The minimum atomic E-state index is -0.571. The Bertz CT molecular complexity index is 1690. The van der Waals surface area contributed by atoms with Crippen LogP contribution in [0.25, 0.3) is 33.4 Å². The van der Waals surface area contributed by atoms with Crippen molar-refractivity contribution in [2.75, 3.05) is 5.73 Å². The molecule has 0 spiro atoms. The van der Waals surface area contributed by atoms with Gasteiger partial charge in [-0.25, -0.2) is 19.9 Å². The van der Waals surface area contributed by atoms with Crippen LogP contribution in [0.2, 0.25) is 0 Å². The van der Waals surface area contributed by atoms with Crippen LogP contribution in [0.5, 0.6) is 11.8 Å². The standard InChI is InChI=1S/C30H29N7O2/c1-6-23(38)36-30(3,4)21-11-7-20(8-12-21)26-24(25-27(31)33-17-34-28(25)37(26)5)19-9-13-22(14-10-19)39-29-32-16-15-18(2)35-29/h6-17H,1H2,2-5H3,(H,36,38)(H2,31,33,34). The van der Waals surface area contributed by atoms with Crippen LogP contribution < -0.4 is 15.8 Å². The first kappa shape index (κ1) is 25.6. The van der Waals surface area contributed by atoms with Crippen LogP contribution in [0.4, 0.5) is 5.82 Å². The van der Waals surface area contributed by atoms with Crippen LogP contribution >= 0.6 is 0 Å². The lowest BCUT2D eigenvalue weighted by atomic mass is 9.91. The molecule has 5 rings (SSSR count). The van der Waals surface area contributed by atoms with Gasteiger partial charge in [0, 0.05) is 24.5 Å². The number of carbonyl (C=O) groups is 1. The molecule has 2 aromatic carbocycles. The number of aromatic nitrogens is 5. The topological polar surface area (TPSA) is 121 Å². The number of nitrogens with one attached hydrogen (secondary N) is 1. The van der Waals surface area contributed by atoms with E-state index in [2.05, 4.69) is 31.8 Å². The number of nitrogens with zero attached hydrogens (tertiary/aromatic N) is 5. The van der Waals surface area contributed by atoms with Crippen molar-refractivity contribution in [3.05, 3.63) is 91.0 Å². The van der Waals surface area contributed by atoms with Gasteiger partial charge >= 0.3 is 6.01 Å². The number of amides is 1. The van der Waals surface area contributed by atoms with E-state index in [1.165, 1.54) is 12.4 Å². The normalized spacial score (nSPS) is 11.4. The summed E-state index contributed by atoms with van der Waals surface area (Å²) in [6.07, 6.45) is 4.41. The first-order valence-electron chi connectivity index (χ1n) is 12.4. The monoisotopic (exact) mass is 519 g/mol. The first-order chi connectivity index (χ1) is 18.7. The van der Waals surface area contributed by atoms with E-state index >= 15 is 0 Å². The molecule has 0 aliphatic heterocycles. The fourth-order valence-corrected chi connectivity index (χ4v) is 4.64. The number of ether oxygens (including phenoxy) is 1. The quantitative estimate of drug-likeness (QED) is 0.279. The molecule has 0 bridgehead atoms. The summed E-state index contributed by atoms with van der Waals surface area (Å²) < 4.78 is 7.87. The van der Waals surface area contributed by atoms with Crippen LogP contribution in [0.15, 0.2) is 79.8 Å². The zero-order valence-corrected chi connectivity index (χ0v) is 22.3. The van der Waals surface area contributed by atoms with E-state index in [9.17, 15) is 4.79 Å². The third kappa shape index (κ3) is 4.94. The molecular formula is C30H29N7O2. The van der Waals surface area contributed by atoms with Crippen LogP contribution in [0.1, 0.15) is 25.1 Å². The van der Waals surface area contributed by atoms with Crippen molar-refractivity contribution >= 4 is 22.8 Å². The maximum Gasteiger partial charge on any atom is 0.322 e. The molecule has 5 aromatic rings. The van der Waals surface area contributed by atoms with Gasteiger partial charge in [0.25, 0.3) is 0 Å². The SMILES string of the molecule is C=CC(=O)NC(C)(C)c1ccc(-c2c(-c3ccc(Oc4nccc(C)n4)cc3)c3c(N)ncnc3n2C)cc1. The van der Waals surface area contributed by atoms with Crippen molar-refractivity contribution in [1.82, 2.24) is 29.8 Å². The van der Waals surface area contributed by atoms with Crippen molar-refractivity contribution in [2.24, 2.45) is 7.05 Å². The van der Waals surface area contributed by atoms with Crippen LogP contribution in [0, 0.1) is 6.92 Å². The molecule has 9 nitrogen and oxygen atoms in total. The Morgan fingerprint density at radius 1 is 1.03 bits per heavy atom. The maximum absolute atomic E-state index is 11.9. The highest BCUT2D eigenvalue weighted by atomic mass is 16.5. The smallest absolute Gasteiger partial charge is 0.322 e. The zero-order valence-electron chi connectivity index (χ0n) is 22.3. The van der Waals surface area contributed by atoms with E-state index in [0.717, 1.165) is 44.7 Å². The van der Waals surface area contributed by atoms with Crippen LogP contribution in [-0.4, -0.2) is 30.4 Å². The van der Waals surface area contributed by atoms with Crippen LogP contribution in [0.3, 0.4) is 0 Å². The van der Waals surface area contributed by atoms with E-state index in [1.54, 1.807) is 6.20 Å². The molecule has 3 aromatic heterocycles. The van der Waals surface area contributed by atoms with E-state index in [4.69, 9.17) is 10.5 Å². The second-order valence-electron chi connectivity index (χ2n) is 9.74. The number of nitrogens with two attached hydrogens (primary N) is 1. The second kappa shape index (κ2) is 10.0. The van der Waals surface area contributed by atoms with Gasteiger partial charge in [0.05, 0.1) is 16.6 Å². The summed E-state index contributed by atoms with van der Waals surface area (Å²) >= 11 is 0. The van der Waals surface area contributed by atoms with Gasteiger partial charge in [-0.2, -0.15) is 0 Å². The zero-order chi connectivity index (χ0) is 27.7. The largest absolute Gasteiger partial charge is 0.424 e. The highest BCUT2D eigenvalue weighted by Gasteiger charge is 2.24. The van der Waals surface area contributed by atoms with Gasteiger partial charge in [-0.05, 0) is 61.7 Å². The third-order valence-electron chi connectivity index (χ3n) is 6.62. The number of hydrogen-bond donors (Lipinski definition) is 2. The summed E-state index contributed by atoms with van der Waals surface area (Å²) in [7, 11) is 1.96. The number of benzene rings is 2. The van der Waals surface area contributed by atoms with E-state index in [0.29, 0.717) is 17.6 Å². The summed E-state index contributed by atoms with van der Waals surface area (Å²) in [5, 5.41) is 3.74. The first-order valence-corrected chi connectivity index (χ1v) is 12.4. The molecule has 0 saturated heterocycles. The number of carbonyl (C=O) groups excluding carboxylic acids is 1. The number of rotatable bonds is 7. The van der Waals surface area contributed by atoms with Crippen LogP contribution in [-0.2, 0) is 17.4 Å². The van der Waals surface area contributed by atoms with Gasteiger partial charge in [-0.3, -0.25) is 4.79 Å². The molecule has 0 aliphatic rings. The molecule has 0 saturated carbocycles. The van der Waals surface area contributed by atoms with E-state index in [-0.39, 0.29) is 5.91 Å². The Morgan fingerprint density at radius 2 is 1.72 bits per heavy atom. The molecule has 0 unspecified atom stereocenters. The maximum atomic E-state index is 11.9. The molecule has 9 heteroatoms. The van der Waals surface area contributed by atoms with E-state index < -0.39 is 5.54 Å². The van der Waals surface area contributed by atoms with Crippen molar-refractivity contribution in [3.63, 3.8) is 0 Å². The Labute approximate surface area is 226 Å². The summed E-state index contributed by atoms with van der Waals surface area (Å²) in [6.45, 7) is 9.34. The summed E-state index contributed by atoms with van der Waals surface area (Å²) in [4.78, 5) is 29.2. The van der Waals surface area contributed by atoms with Gasteiger partial charge in [0.1, 0.15) is 23.5 Å². The highest BCUT2D eigenvalue weighted by molar-refractivity contribution is 6.07.